The first-order chi connectivity index (χ1) is 28.9. The molecule has 0 radical (unpaired) electrons. The molecular weight excluding hydrogens is 775 g/mol. The first kappa shape index (κ1) is 43.0. The number of esters is 3. The van der Waals surface area contributed by atoms with Gasteiger partial charge in [0.25, 0.3) is 6.47 Å². The number of rotatable bonds is 21. The summed E-state index contributed by atoms with van der Waals surface area (Å²) in [4.78, 5) is 53.6. The van der Waals surface area contributed by atoms with Gasteiger partial charge in [-0.15, -0.1) is 0 Å². The van der Waals surface area contributed by atoms with E-state index in [1.165, 1.54) is 17.8 Å². The Hall–Kier alpha value is -5.60. The fourth-order valence-corrected chi connectivity index (χ4v) is 7.95. The van der Waals surface area contributed by atoms with Crippen molar-refractivity contribution in [1.82, 2.24) is 4.98 Å². The summed E-state index contributed by atoms with van der Waals surface area (Å²) in [6, 6.07) is 19.5. The quantitative estimate of drug-likeness (QED) is 0.0115. The van der Waals surface area contributed by atoms with Crippen molar-refractivity contribution in [2.75, 3.05) is 25.0 Å². The number of carbonyl (C=O) groups excluding carboxylic acids is 4. The van der Waals surface area contributed by atoms with Crippen LogP contribution in [0.1, 0.15) is 89.0 Å². The van der Waals surface area contributed by atoms with Crippen LogP contribution in [0.25, 0.3) is 10.2 Å². The van der Waals surface area contributed by atoms with Gasteiger partial charge in [-0.1, -0.05) is 49.3 Å². The van der Waals surface area contributed by atoms with Crippen LogP contribution in [0, 0.1) is 11.8 Å². The van der Waals surface area contributed by atoms with Crippen LogP contribution in [0.15, 0.2) is 84.5 Å². The molecule has 4 aromatic rings. The van der Waals surface area contributed by atoms with Gasteiger partial charge in [-0.25, -0.2) is 14.8 Å². The SMILES string of the molecule is C=CC(=O)OCCCCCCOc1ccc(OC(=O)C2CCC(C(=O)Oc3ccc(OC=O)cc3/C=N/N(COC3CCCCC3)c3nc4ccccc4s3)CC2)cc1. The van der Waals surface area contributed by atoms with Gasteiger partial charge in [0, 0.05) is 11.6 Å². The van der Waals surface area contributed by atoms with Gasteiger partial charge in [0.2, 0.25) is 5.13 Å². The zero-order valence-corrected chi connectivity index (χ0v) is 34.0. The Bertz CT molecular complexity index is 2000. The maximum Gasteiger partial charge on any atom is 0.330 e. The van der Waals surface area contributed by atoms with Crippen LogP contribution < -0.4 is 24.0 Å². The normalized spacial score (nSPS) is 16.9. The maximum absolute atomic E-state index is 13.5. The molecule has 14 heteroatoms. The van der Waals surface area contributed by atoms with Crippen LogP contribution in [0.2, 0.25) is 0 Å². The molecule has 3 aromatic carbocycles. The lowest BCUT2D eigenvalue weighted by atomic mass is 9.82. The first-order valence-electron chi connectivity index (χ1n) is 20.4. The number of nitrogens with zero attached hydrogens (tertiary/aromatic N) is 3. The van der Waals surface area contributed by atoms with Crippen molar-refractivity contribution in [3.05, 3.63) is 84.9 Å². The van der Waals surface area contributed by atoms with Crippen molar-refractivity contribution >= 4 is 57.3 Å². The minimum absolute atomic E-state index is 0.142. The summed E-state index contributed by atoms with van der Waals surface area (Å²) in [5.74, 6) is -0.282. The van der Waals surface area contributed by atoms with Gasteiger partial charge in [-0.05, 0) is 119 Å². The Balaban J connectivity index is 0.999. The Morgan fingerprint density at radius 3 is 2.19 bits per heavy atom. The fourth-order valence-electron chi connectivity index (χ4n) is 7.04. The number of hydrazone groups is 1. The van der Waals surface area contributed by atoms with Gasteiger partial charge in [0.1, 0.15) is 29.7 Å². The lowest BCUT2D eigenvalue weighted by molar-refractivity contribution is -0.145. The summed E-state index contributed by atoms with van der Waals surface area (Å²) in [6.07, 6.45) is 13.8. The first-order valence-corrected chi connectivity index (χ1v) is 21.2. The van der Waals surface area contributed by atoms with E-state index in [1.54, 1.807) is 53.7 Å². The number of hydrogen-bond donors (Lipinski definition) is 0. The van der Waals surface area contributed by atoms with Crippen LogP contribution in [0.3, 0.4) is 0 Å². The summed E-state index contributed by atoms with van der Waals surface area (Å²) < 4.78 is 34.8. The largest absolute Gasteiger partial charge is 0.494 e. The van der Waals surface area contributed by atoms with Crippen molar-refractivity contribution in [2.45, 2.75) is 89.6 Å². The highest BCUT2D eigenvalue weighted by molar-refractivity contribution is 7.22. The van der Waals surface area contributed by atoms with E-state index in [9.17, 15) is 19.2 Å². The number of carbonyl (C=O) groups is 4. The number of para-hydroxylation sites is 1. The van der Waals surface area contributed by atoms with E-state index < -0.39 is 17.9 Å². The topological polar surface area (TPSA) is 152 Å². The maximum atomic E-state index is 13.5. The molecule has 2 aliphatic carbocycles. The molecule has 0 N–H and O–H groups in total. The number of ether oxygens (including phenoxy) is 6. The van der Waals surface area contributed by atoms with E-state index in [0.717, 1.165) is 67.7 Å². The van der Waals surface area contributed by atoms with E-state index in [4.69, 9.17) is 38.5 Å². The molecule has 0 atom stereocenters. The average Bonchev–Trinajstić information content (AvgIpc) is 3.70. The third-order valence-electron chi connectivity index (χ3n) is 10.4. The van der Waals surface area contributed by atoms with Gasteiger partial charge in [-0.2, -0.15) is 5.10 Å². The average molecular weight is 826 g/mol. The van der Waals surface area contributed by atoms with E-state index in [-0.39, 0.29) is 36.2 Å². The Kier molecular flexibility index (Phi) is 16.4. The molecule has 0 bridgehead atoms. The zero-order valence-electron chi connectivity index (χ0n) is 33.2. The second-order valence-electron chi connectivity index (χ2n) is 14.6. The molecule has 6 rings (SSSR count). The number of thiazole rings is 1. The third kappa shape index (κ3) is 13.2. The molecule has 0 spiro atoms. The Morgan fingerprint density at radius 2 is 1.47 bits per heavy atom. The van der Waals surface area contributed by atoms with E-state index >= 15 is 0 Å². The van der Waals surface area contributed by atoms with E-state index in [0.29, 0.717) is 67.6 Å². The molecule has 312 valence electrons. The highest BCUT2D eigenvalue weighted by Gasteiger charge is 2.32. The fraction of sp³-hybridized carbons (Fsp3) is 0.422. The van der Waals surface area contributed by atoms with Crippen LogP contribution in [0.4, 0.5) is 5.13 Å². The van der Waals surface area contributed by atoms with Crippen molar-refractivity contribution in [3.63, 3.8) is 0 Å². The molecule has 59 heavy (non-hydrogen) atoms. The molecule has 2 fully saturated rings. The van der Waals surface area contributed by atoms with Crippen molar-refractivity contribution in [2.24, 2.45) is 16.9 Å². The van der Waals surface area contributed by atoms with Gasteiger partial charge in [0.15, 0.2) is 0 Å². The molecular formula is C45H51N3O10S. The minimum atomic E-state index is -0.413. The molecule has 0 amide bonds. The predicted molar refractivity (Wildman–Crippen MR) is 224 cm³/mol. The lowest BCUT2D eigenvalue weighted by Crippen LogP contribution is -2.30. The van der Waals surface area contributed by atoms with Crippen LogP contribution in [-0.2, 0) is 28.7 Å². The molecule has 0 aliphatic heterocycles. The number of unbranched alkanes of at least 4 members (excludes halogenated alkanes) is 3. The monoisotopic (exact) mass is 825 g/mol. The molecule has 2 saturated carbocycles. The highest BCUT2D eigenvalue weighted by atomic mass is 32.1. The third-order valence-corrected chi connectivity index (χ3v) is 11.4. The summed E-state index contributed by atoms with van der Waals surface area (Å²) in [5, 5.41) is 7.10. The summed E-state index contributed by atoms with van der Waals surface area (Å²) in [7, 11) is 0. The van der Waals surface area contributed by atoms with Crippen LogP contribution in [-0.4, -0.2) is 61.6 Å². The van der Waals surface area contributed by atoms with Crippen LogP contribution in [0.5, 0.6) is 23.0 Å². The number of aromatic nitrogens is 1. The summed E-state index contributed by atoms with van der Waals surface area (Å²) >= 11 is 1.50. The van der Waals surface area contributed by atoms with E-state index in [1.807, 2.05) is 24.3 Å². The van der Waals surface area contributed by atoms with Gasteiger partial charge < -0.3 is 28.4 Å². The molecule has 2 aliphatic rings. The van der Waals surface area contributed by atoms with Crippen molar-refractivity contribution < 1.29 is 47.6 Å². The Labute approximate surface area is 348 Å². The molecule has 0 unspecified atom stereocenters. The second kappa shape index (κ2) is 22.5. The second-order valence-corrected chi connectivity index (χ2v) is 15.6. The van der Waals surface area contributed by atoms with Crippen molar-refractivity contribution in [1.29, 1.82) is 0 Å². The number of anilines is 1. The molecule has 1 aromatic heterocycles. The van der Waals surface area contributed by atoms with Gasteiger partial charge >= 0.3 is 17.9 Å². The molecule has 0 saturated heterocycles. The van der Waals surface area contributed by atoms with Gasteiger partial charge in [-0.3, -0.25) is 14.4 Å². The number of hydrogen-bond acceptors (Lipinski definition) is 14. The minimum Gasteiger partial charge on any atom is -0.494 e. The zero-order chi connectivity index (χ0) is 41.2. The summed E-state index contributed by atoms with van der Waals surface area (Å²) in [5.41, 5.74) is 1.28. The summed E-state index contributed by atoms with van der Waals surface area (Å²) in [6.45, 7) is 4.83. The predicted octanol–water partition coefficient (Wildman–Crippen LogP) is 8.96. The Morgan fingerprint density at radius 1 is 0.797 bits per heavy atom. The number of benzene rings is 3. The van der Waals surface area contributed by atoms with E-state index in [2.05, 4.69) is 6.58 Å². The lowest BCUT2D eigenvalue weighted by Gasteiger charge is -2.26. The van der Waals surface area contributed by atoms with Gasteiger partial charge in [0.05, 0.1) is 47.6 Å². The molecule has 1 heterocycles. The van der Waals surface area contributed by atoms with Crippen LogP contribution >= 0.6 is 11.3 Å². The molecule has 13 nitrogen and oxygen atoms in total. The highest BCUT2D eigenvalue weighted by Crippen LogP contribution is 2.34. The standard InChI is InChI=1S/C45H51N3O10S/c1-2-42(50)54-27-11-4-3-10-26-53-36-20-22-37(23-21-36)57-43(51)32-16-18-33(19-17-32)44(52)58-40-25-24-38(56-31-49)28-34(40)29-46-48(30-55-35-12-6-5-7-13-35)45-47-39-14-8-9-15-41(39)59-45/h2,8-9,14-15,20-25,28-29,31-33,35H,1,3-7,10-13,16-19,26-27,30H2/b46-29+. The number of fused-ring (bicyclic) bond motifs is 1. The smallest absolute Gasteiger partial charge is 0.330 e. The van der Waals surface area contributed by atoms with Crippen molar-refractivity contribution in [3.8, 4) is 23.0 Å².